The van der Waals surface area contributed by atoms with E-state index in [1.54, 1.807) is 33.0 Å². The monoisotopic (exact) mass is 308 g/mol. The van der Waals surface area contributed by atoms with Crippen molar-refractivity contribution in [3.05, 3.63) is 22.8 Å². The van der Waals surface area contributed by atoms with Gasteiger partial charge >= 0.3 is 11.9 Å². The van der Waals surface area contributed by atoms with E-state index in [4.69, 9.17) is 9.47 Å². The average molecular weight is 308 g/mol. The lowest BCUT2D eigenvalue weighted by Gasteiger charge is -2.52. The van der Waals surface area contributed by atoms with Gasteiger partial charge < -0.3 is 9.47 Å². The van der Waals surface area contributed by atoms with Gasteiger partial charge in [0.25, 0.3) is 0 Å². The zero-order chi connectivity index (χ0) is 16.8. The van der Waals surface area contributed by atoms with Crippen LogP contribution in [0.15, 0.2) is 22.8 Å². The minimum absolute atomic E-state index is 0.0694. The van der Waals surface area contributed by atoms with Gasteiger partial charge in [-0.25, -0.2) is 14.6 Å². The fraction of sp³-hybridized carbons (Fsp3) is 0.533. The number of hydrazine groups is 1. The van der Waals surface area contributed by atoms with Crippen LogP contribution in [0.5, 0.6) is 0 Å². The summed E-state index contributed by atoms with van der Waals surface area (Å²) in [6.07, 6.45) is 1.82. The first-order chi connectivity index (χ1) is 10.2. The lowest BCUT2D eigenvalue weighted by molar-refractivity contribution is -0.163. The maximum Gasteiger partial charge on any atom is 0.337 e. The molecule has 2 unspecified atom stereocenters. The number of nitrogens with zero attached hydrogens (tertiary/aromatic N) is 2. The van der Waals surface area contributed by atoms with Gasteiger partial charge in [0.15, 0.2) is 0 Å². The van der Waals surface area contributed by atoms with E-state index in [0.717, 1.165) is 5.57 Å². The van der Waals surface area contributed by atoms with E-state index in [9.17, 15) is 14.4 Å². The molecule has 22 heavy (non-hydrogen) atoms. The van der Waals surface area contributed by atoms with Crippen LogP contribution in [0, 0.1) is 5.92 Å². The average Bonchev–Trinajstić information content (AvgIpc) is 2.43. The first kappa shape index (κ1) is 16.2. The zero-order valence-electron chi connectivity index (χ0n) is 13.6. The van der Waals surface area contributed by atoms with Crippen molar-refractivity contribution in [1.29, 1.82) is 0 Å². The van der Waals surface area contributed by atoms with E-state index in [1.165, 1.54) is 19.2 Å². The smallest absolute Gasteiger partial charge is 0.337 e. The predicted octanol–water partition coefficient (Wildman–Crippen LogP) is 0.283. The van der Waals surface area contributed by atoms with Gasteiger partial charge in [-0.05, 0) is 13.8 Å². The minimum atomic E-state index is -1.09. The summed E-state index contributed by atoms with van der Waals surface area (Å²) in [5.74, 6) is -2.42. The molecule has 0 radical (unpaired) electrons. The van der Waals surface area contributed by atoms with Crippen LogP contribution < -0.4 is 0 Å². The van der Waals surface area contributed by atoms with Crippen LogP contribution in [-0.4, -0.2) is 61.7 Å². The fourth-order valence-electron chi connectivity index (χ4n) is 3.44. The van der Waals surface area contributed by atoms with Crippen LogP contribution in [-0.2, 0) is 23.9 Å². The van der Waals surface area contributed by atoms with Crippen LogP contribution in [0.2, 0.25) is 0 Å². The molecule has 2 atom stereocenters. The highest BCUT2D eigenvalue weighted by molar-refractivity contribution is 6.11. The third-order valence-corrected chi connectivity index (χ3v) is 4.12. The second kappa shape index (κ2) is 5.24. The van der Waals surface area contributed by atoms with Crippen molar-refractivity contribution in [3.63, 3.8) is 0 Å². The number of esters is 2. The highest BCUT2D eigenvalue weighted by Crippen LogP contribution is 2.47. The molecule has 1 aliphatic carbocycles. The molecule has 2 heterocycles. The second-order valence-corrected chi connectivity index (χ2v) is 5.74. The highest BCUT2D eigenvalue weighted by Gasteiger charge is 2.57. The zero-order valence-corrected chi connectivity index (χ0v) is 13.6. The molecule has 7 nitrogen and oxygen atoms in total. The Morgan fingerprint density at radius 3 is 2.23 bits per heavy atom. The molecule has 2 aliphatic heterocycles. The van der Waals surface area contributed by atoms with Crippen LogP contribution in [0.1, 0.15) is 13.8 Å². The Labute approximate surface area is 129 Å². The van der Waals surface area contributed by atoms with Gasteiger partial charge in [-0.3, -0.25) is 9.80 Å². The van der Waals surface area contributed by atoms with Gasteiger partial charge in [-0.15, -0.1) is 0 Å². The van der Waals surface area contributed by atoms with Crippen molar-refractivity contribution in [3.8, 4) is 0 Å². The van der Waals surface area contributed by atoms with E-state index in [0.29, 0.717) is 0 Å². The molecule has 7 heteroatoms. The van der Waals surface area contributed by atoms with Gasteiger partial charge in [0.2, 0.25) is 5.91 Å². The molecule has 0 aromatic rings. The maximum absolute atomic E-state index is 12.8. The normalized spacial score (nSPS) is 27.2. The number of carbonyl (C=O) groups excluding carboxylic acids is 3. The summed E-state index contributed by atoms with van der Waals surface area (Å²) in [7, 11) is 5.88. The first-order valence-electron chi connectivity index (χ1n) is 6.82. The van der Waals surface area contributed by atoms with E-state index >= 15 is 0 Å². The molecule has 0 saturated carbocycles. The van der Waals surface area contributed by atoms with Gasteiger partial charge in [0, 0.05) is 14.1 Å². The summed E-state index contributed by atoms with van der Waals surface area (Å²) >= 11 is 0. The molecule has 0 aromatic carbocycles. The molecule has 0 N–H and O–H groups in total. The third-order valence-electron chi connectivity index (χ3n) is 4.12. The molecule has 120 valence electrons. The lowest BCUT2D eigenvalue weighted by Crippen LogP contribution is -2.65. The Bertz CT molecular complexity index is 619. The van der Waals surface area contributed by atoms with Crippen molar-refractivity contribution in [1.82, 2.24) is 10.0 Å². The topological polar surface area (TPSA) is 76.2 Å². The summed E-state index contributed by atoms with van der Waals surface area (Å²) in [4.78, 5) is 37.3. The highest BCUT2D eigenvalue weighted by atomic mass is 16.5. The molecule has 2 bridgehead atoms. The predicted molar refractivity (Wildman–Crippen MR) is 77.2 cm³/mol. The molecule has 0 saturated heterocycles. The van der Waals surface area contributed by atoms with E-state index in [1.807, 2.05) is 6.08 Å². The van der Waals surface area contributed by atoms with Gasteiger partial charge in [0.05, 0.1) is 31.3 Å². The Morgan fingerprint density at radius 1 is 1.23 bits per heavy atom. The van der Waals surface area contributed by atoms with Gasteiger partial charge in [0.1, 0.15) is 5.54 Å². The number of rotatable bonds is 3. The SMILES string of the molecule is COC(=O)C1=C(C(=O)OC)C2(C)C=C(C)C1C(=O)N2N(C)C. The largest absolute Gasteiger partial charge is 0.466 e. The van der Waals surface area contributed by atoms with Crippen molar-refractivity contribution >= 4 is 17.8 Å². The number of fused-ring (bicyclic) bond motifs is 1. The summed E-state index contributed by atoms with van der Waals surface area (Å²) < 4.78 is 9.63. The van der Waals surface area contributed by atoms with E-state index in [2.05, 4.69) is 0 Å². The number of hydrogen-bond acceptors (Lipinski definition) is 6. The molecule has 1 amide bonds. The van der Waals surface area contributed by atoms with Crippen LogP contribution in [0.3, 0.4) is 0 Å². The van der Waals surface area contributed by atoms with E-state index in [-0.39, 0.29) is 17.1 Å². The maximum atomic E-state index is 12.8. The molecular weight excluding hydrogens is 288 g/mol. The Morgan fingerprint density at radius 2 is 1.77 bits per heavy atom. The summed E-state index contributed by atoms with van der Waals surface area (Å²) in [5.41, 5.74) is -0.153. The molecule has 0 fully saturated rings. The minimum Gasteiger partial charge on any atom is -0.466 e. The quantitative estimate of drug-likeness (QED) is 0.551. The fourth-order valence-corrected chi connectivity index (χ4v) is 3.44. The number of carbonyl (C=O) groups is 3. The van der Waals surface area contributed by atoms with Crippen molar-refractivity contribution in [2.45, 2.75) is 19.4 Å². The Kier molecular flexibility index (Phi) is 3.87. The van der Waals surface area contributed by atoms with Gasteiger partial charge in [-0.2, -0.15) is 0 Å². The standard InChI is InChI=1S/C15H20N2O5/c1-8-7-15(2)11(14(20)22-6)10(13(19)21-5)9(8)12(18)17(15)16(3)4/h7,9H,1-6H3. The number of methoxy groups -OCH3 is 2. The molecule has 0 spiro atoms. The Hall–Kier alpha value is -2.15. The van der Waals surface area contributed by atoms with Crippen LogP contribution in [0.25, 0.3) is 0 Å². The van der Waals surface area contributed by atoms with Crippen LogP contribution >= 0.6 is 0 Å². The Balaban J connectivity index is 2.80. The first-order valence-corrected chi connectivity index (χ1v) is 6.82. The molecule has 3 rings (SSSR count). The summed E-state index contributed by atoms with van der Waals surface area (Å²) in [6.45, 7) is 3.48. The molecule has 0 aromatic heterocycles. The number of hydrogen-bond donors (Lipinski definition) is 0. The lowest BCUT2D eigenvalue weighted by atomic mass is 9.68. The second-order valence-electron chi connectivity index (χ2n) is 5.74. The van der Waals surface area contributed by atoms with Gasteiger partial charge in [-0.1, -0.05) is 11.6 Å². The molecular formula is C15H20N2O5. The van der Waals surface area contributed by atoms with Crippen molar-refractivity contribution < 1.29 is 23.9 Å². The van der Waals surface area contributed by atoms with Crippen LogP contribution in [0.4, 0.5) is 0 Å². The molecule has 3 aliphatic rings. The van der Waals surface area contributed by atoms with Crippen molar-refractivity contribution in [2.24, 2.45) is 5.92 Å². The summed E-state index contributed by atoms with van der Waals surface area (Å²) in [5, 5.41) is 3.07. The van der Waals surface area contributed by atoms with E-state index < -0.39 is 23.4 Å². The van der Waals surface area contributed by atoms with Crippen molar-refractivity contribution in [2.75, 3.05) is 28.3 Å². The third kappa shape index (κ3) is 1.96. The summed E-state index contributed by atoms with van der Waals surface area (Å²) in [6, 6.07) is 0. The number of ether oxygens (including phenoxy) is 2. The number of amides is 1.